The molecule has 1 unspecified atom stereocenters. The normalized spacial score (nSPS) is 18.7. The zero-order valence-corrected chi connectivity index (χ0v) is 13.6. The van der Waals surface area contributed by atoms with Crippen LogP contribution in [-0.2, 0) is 6.42 Å². The van der Waals surface area contributed by atoms with Gasteiger partial charge in [0, 0.05) is 24.8 Å². The van der Waals surface area contributed by atoms with Crippen LogP contribution < -0.4 is 0 Å². The third-order valence-corrected chi connectivity index (χ3v) is 4.30. The zero-order valence-electron chi connectivity index (χ0n) is 13.6. The number of likely N-dealkylation sites (tertiary alicyclic amines) is 1. The van der Waals surface area contributed by atoms with Crippen LogP contribution in [0.15, 0.2) is 24.3 Å². The quantitative estimate of drug-likeness (QED) is 0.848. The molecule has 1 aromatic carbocycles. The average molecular weight is 305 g/mol. The van der Waals surface area contributed by atoms with E-state index < -0.39 is 5.60 Å². The Balaban J connectivity index is 2.06. The fraction of sp³-hybridized carbons (Fsp3) is 0.611. The molecule has 1 saturated heterocycles. The second kappa shape index (κ2) is 7.25. The molecule has 2 N–H and O–H groups in total. The Morgan fingerprint density at radius 1 is 1.41 bits per heavy atom. The highest BCUT2D eigenvalue weighted by atomic mass is 16.3. The summed E-state index contributed by atoms with van der Waals surface area (Å²) in [6.07, 6.45) is 4.07. The van der Waals surface area contributed by atoms with Crippen molar-refractivity contribution in [3.05, 3.63) is 35.4 Å². The highest BCUT2D eigenvalue weighted by Crippen LogP contribution is 2.23. The maximum atomic E-state index is 12.7. The second-order valence-corrected chi connectivity index (χ2v) is 6.82. The van der Waals surface area contributed by atoms with Crippen LogP contribution in [0.2, 0.25) is 0 Å². The van der Waals surface area contributed by atoms with Gasteiger partial charge >= 0.3 is 0 Å². The maximum Gasteiger partial charge on any atom is 0.254 e. The number of nitrogens with zero attached hydrogens (tertiary/aromatic N) is 1. The molecule has 0 radical (unpaired) electrons. The number of hydrogen-bond donors (Lipinski definition) is 2. The molecule has 0 aliphatic carbocycles. The van der Waals surface area contributed by atoms with Gasteiger partial charge in [-0.05, 0) is 63.6 Å². The van der Waals surface area contributed by atoms with Crippen molar-refractivity contribution in [1.29, 1.82) is 0 Å². The van der Waals surface area contributed by atoms with Crippen molar-refractivity contribution >= 4 is 5.91 Å². The average Bonchev–Trinajstić information content (AvgIpc) is 2.93. The molecule has 1 amide bonds. The van der Waals surface area contributed by atoms with Gasteiger partial charge in [-0.2, -0.15) is 0 Å². The molecule has 1 aliphatic rings. The number of aliphatic hydroxyl groups is 2. The molecule has 0 bridgehead atoms. The number of amides is 1. The number of rotatable bonds is 6. The number of carbonyl (C=O) groups is 1. The molecule has 2 rings (SSSR count). The molecule has 0 saturated carbocycles. The van der Waals surface area contributed by atoms with Gasteiger partial charge in [-0.1, -0.05) is 12.1 Å². The van der Waals surface area contributed by atoms with Gasteiger partial charge in [0.1, 0.15) is 0 Å². The van der Waals surface area contributed by atoms with Gasteiger partial charge in [0.15, 0.2) is 0 Å². The molecule has 1 aromatic rings. The fourth-order valence-electron chi connectivity index (χ4n) is 3.03. The van der Waals surface area contributed by atoms with Crippen LogP contribution in [0.4, 0.5) is 0 Å². The van der Waals surface area contributed by atoms with Crippen LogP contribution in [0.25, 0.3) is 0 Å². The predicted octanol–water partition coefficient (Wildman–Crippen LogP) is 2.38. The first-order valence-electron chi connectivity index (χ1n) is 8.14. The van der Waals surface area contributed by atoms with E-state index in [-0.39, 0.29) is 18.6 Å². The van der Waals surface area contributed by atoms with Crippen molar-refractivity contribution in [1.82, 2.24) is 4.90 Å². The molecular weight excluding hydrogens is 278 g/mol. The Bertz CT molecular complexity index is 507. The van der Waals surface area contributed by atoms with Gasteiger partial charge < -0.3 is 15.1 Å². The molecule has 0 aromatic heterocycles. The monoisotopic (exact) mass is 305 g/mol. The first kappa shape index (κ1) is 17.0. The van der Waals surface area contributed by atoms with Crippen molar-refractivity contribution in [2.75, 3.05) is 13.2 Å². The number of hydrogen-bond acceptors (Lipinski definition) is 3. The largest absolute Gasteiger partial charge is 0.396 e. The van der Waals surface area contributed by atoms with E-state index in [4.69, 9.17) is 5.11 Å². The molecule has 4 heteroatoms. The van der Waals surface area contributed by atoms with Gasteiger partial charge in [0.25, 0.3) is 5.91 Å². The van der Waals surface area contributed by atoms with Crippen LogP contribution >= 0.6 is 0 Å². The van der Waals surface area contributed by atoms with Gasteiger partial charge in [0.05, 0.1) is 5.60 Å². The predicted molar refractivity (Wildman–Crippen MR) is 86.8 cm³/mol. The lowest BCUT2D eigenvalue weighted by Crippen LogP contribution is -2.36. The van der Waals surface area contributed by atoms with Crippen molar-refractivity contribution in [3.8, 4) is 0 Å². The van der Waals surface area contributed by atoms with Crippen molar-refractivity contribution in [2.24, 2.45) is 0 Å². The van der Waals surface area contributed by atoms with Crippen LogP contribution in [0, 0.1) is 0 Å². The molecule has 4 nitrogen and oxygen atoms in total. The van der Waals surface area contributed by atoms with E-state index in [0.717, 1.165) is 31.4 Å². The molecule has 122 valence electrons. The highest BCUT2D eigenvalue weighted by molar-refractivity contribution is 5.94. The van der Waals surface area contributed by atoms with Crippen molar-refractivity contribution in [3.63, 3.8) is 0 Å². The SMILES string of the molecule is CC(C)(O)CCc1cccc(C(=O)N2CCCC2CCO)c1. The zero-order chi connectivity index (χ0) is 16.2. The van der Waals surface area contributed by atoms with E-state index >= 15 is 0 Å². The smallest absolute Gasteiger partial charge is 0.254 e. The molecule has 1 aliphatic heterocycles. The maximum absolute atomic E-state index is 12.7. The summed E-state index contributed by atoms with van der Waals surface area (Å²) >= 11 is 0. The molecule has 22 heavy (non-hydrogen) atoms. The van der Waals surface area contributed by atoms with E-state index in [1.54, 1.807) is 13.8 Å². The van der Waals surface area contributed by atoms with Crippen molar-refractivity contribution < 1.29 is 15.0 Å². The van der Waals surface area contributed by atoms with Gasteiger partial charge in [-0.3, -0.25) is 4.79 Å². The lowest BCUT2D eigenvalue weighted by molar-refractivity contribution is 0.0713. The van der Waals surface area contributed by atoms with E-state index in [1.807, 2.05) is 29.2 Å². The summed E-state index contributed by atoms with van der Waals surface area (Å²) in [5.41, 5.74) is 1.09. The molecular formula is C18H27NO3. The van der Waals surface area contributed by atoms with Crippen LogP contribution in [0.5, 0.6) is 0 Å². The third kappa shape index (κ3) is 4.55. The third-order valence-electron chi connectivity index (χ3n) is 4.30. The Hall–Kier alpha value is -1.39. The van der Waals surface area contributed by atoms with E-state index in [9.17, 15) is 9.90 Å². The minimum absolute atomic E-state index is 0.0565. The Kier molecular flexibility index (Phi) is 5.59. The lowest BCUT2D eigenvalue weighted by atomic mass is 9.97. The summed E-state index contributed by atoms with van der Waals surface area (Å²) in [5, 5.41) is 19.0. The Morgan fingerprint density at radius 3 is 2.86 bits per heavy atom. The lowest BCUT2D eigenvalue weighted by Gasteiger charge is -2.24. The van der Waals surface area contributed by atoms with Gasteiger partial charge in [-0.25, -0.2) is 0 Å². The molecule has 1 heterocycles. The number of benzene rings is 1. The van der Waals surface area contributed by atoms with E-state index in [1.165, 1.54) is 0 Å². The van der Waals surface area contributed by atoms with E-state index in [0.29, 0.717) is 18.4 Å². The van der Waals surface area contributed by atoms with Crippen LogP contribution in [-0.4, -0.2) is 45.8 Å². The number of aliphatic hydroxyl groups excluding tert-OH is 1. The second-order valence-electron chi connectivity index (χ2n) is 6.82. The van der Waals surface area contributed by atoms with Crippen molar-refractivity contribution in [2.45, 2.75) is 57.6 Å². The minimum atomic E-state index is -0.693. The molecule has 1 fully saturated rings. The first-order chi connectivity index (χ1) is 10.4. The summed E-state index contributed by atoms with van der Waals surface area (Å²) in [4.78, 5) is 14.6. The van der Waals surface area contributed by atoms with Gasteiger partial charge in [0.2, 0.25) is 0 Å². The minimum Gasteiger partial charge on any atom is -0.396 e. The summed E-state index contributed by atoms with van der Waals surface area (Å²) < 4.78 is 0. The number of carbonyl (C=O) groups excluding carboxylic acids is 1. The summed E-state index contributed by atoms with van der Waals surface area (Å²) in [7, 11) is 0. The summed E-state index contributed by atoms with van der Waals surface area (Å²) in [5.74, 6) is 0.0565. The van der Waals surface area contributed by atoms with Gasteiger partial charge in [-0.15, -0.1) is 0 Å². The van der Waals surface area contributed by atoms with Crippen LogP contribution in [0.1, 0.15) is 55.5 Å². The highest BCUT2D eigenvalue weighted by Gasteiger charge is 2.28. The topological polar surface area (TPSA) is 60.8 Å². The molecule has 0 spiro atoms. The Labute approximate surface area is 132 Å². The summed E-state index contributed by atoms with van der Waals surface area (Å²) in [6.45, 7) is 4.49. The first-order valence-corrected chi connectivity index (χ1v) is 8.14. The summed E-state index contributed by atoms with van der Waals surface area (Å²) in [6, 6.07) is 7.85. The molecule has 1 atom stereocenters. The van der Waals surface area contributed by atoms with Crippen LogP contribution in [0.3, 0.4) is 0 Å². The fourth-order valence-corrected chi connectivity index (χ4v) is 3.03. The Morgan fingerprint density at radius 2 is 2.18 bits per heavy atom. The van der Waals surface area contributed by atoms with E-state index in [2.05, 4.69) is 0 Å². The standard InChI is InChI=1S/C18H27NO3/c1-18(2,22)10-8-14-5-3-6-15(13-14)17(21)19-11-4-7-16(19)9-12-20/h3,5-6,13,16,20,22H,4,7-12H2,1-2H3. The number of aryl methyl sites for hydroxylation is 1.